The first-order valence-corrected chi connectivity index (χ1v) is 3.53. The molecule has 0 radical (unpaired) electrons. The Bertz CT molecular complexity index is 74.5. The Morgan fingerprint density at radius 3 is 2.18 bits per heavy atom. The van der Waals surface area contributed by atoms with Crippen LogP contribution in [0.4, 0.5) is 0 Å². The zero-order valence-corrected chi connectivity index (χ0v) is 7.04. The van der Waals surface area contributed by atoms with Gasteiger partial charge in [0.15, 0.2) is 0 Å². The number of carbonyl (C=O) groups is 1. The molecule has 0 aromatic rings. The number of hydrogen-bond donors (Lipinski definition) is 2. The van der Waals surface area contributed by atoms with E-state index in [9.17, 15) is 0 Å². The molecule has 0 aromatic heterocycles. The predicted molar refractivity (Wildman–Crippen MR) is 41.5 cm³/mol. The van der Waals surface area contributed by atoms with E-state index in [1.54, 1.807) is 0 Å². The van der Waals surface area contributed by atoms with E-state index in [1.807, 2.05) is 6.92 Å². The van der Waals surface area contributed by atoms with E-state index in [4.69, 9.17) is 19.7 Å². The number of carboxylic acid groups (broad SMARTS) is 1. The van der Waals surface area contributed by atoms with Crippen molar-refractivity contribution < 1.29 is 19.7 Å². The molecular weight excluding hydrogens is 148 g/mol. The molecule has 0 bridgehead atoms. The Morgan fingerprint density at radius 1 is 1.45 bits per heavy atom. The fourth-order valence-electron chi connectivity index (χ4n) is 0.311. The maximum atomic E-state index is 9.00. The molecule has 4 nitrogen and oxygen atoms in total. The Balaban J connectivity index is 0. The average molecular weight is 164 g/mol. The van der Waals surface area contributed by atoms with Gasteiger partial charge in [-0.25, -0.2) is 0 Å². The van der Waals surface area contributed by atoms with E-state index >= 15 is 0 Å². The molecule has 0 saturated carbocycles. The third kappa shape index (κ3) is 44.6. The highest BCUT2D eigenvalue weighted by Gasteiger charge is 1.78. The quantitative estimate of drug-likeness (QED) is 0.593. The van der Waals surface area contributed by atoms with Crippen molar-refractivity contribution in [1.82, 2.24) is 0 Å². The van der Waals surface area contributed by atoms with Gasteiger partial charge in [0.25, 0.3) is 5.97 Å². The standard InChI is InChI=1S/C5H12O2.C2H4O2/c1-2-4-7-5-3-6;1-2(3)4/h6H,2-5H2,1H3;1H3,(H,3,4). The van der Waals surface area contributed by atoms with Crippen molar-refractivity contribution >= 4 is 5.97 Å². The minimum Gasteiger partial charge on any atom is -0.481 e. The molecule has 0 saturated heterocycles. The Kier molecular flexibility index (Phi) is 14.3. The second-order valence-corrected chi connectivity index (χ2v) is 1.85. The third-order valence-corrected chi connectivity index (χ3v) is 0.584. The van der Waals surface area contributed by atoms with Crippen LogP contribution in [-0.2, 0) is 9.53 Å². The molecule has 0 spiro atoms. The van der Waals surface area contributed by atoms with Crippen LogP contribution < -0.4 is 0 Å². The van der Waals surface area contributed by atoms with Crippen LogP contribution in [0, 0.1) is 0 Å². The van der Waals surface area contributed by atoms with E-state index < -0.39 is 5.97 Å². The van der Waals surface area contributed by atoms with Gasteiger partial charge in [0, 0.05) is 13.5 Å². The number of aliphatic hydroxyl groups is 1. The van der Waals surface area contributed by atoms with E-state index in [-0.39, 0.29) is 6.61 Å². The summed E-state index contributed by atoms with van der Waals surface area (Å²) in [6.07, 6.45) is 1.03. The number of ether oxygens (including phenoxy) is 1. The zero-order chi connectivity index (χ0) is 9.11. The van der Waals surface area contributed by atoms with Gasteiger partial charge < -0.3 is 14.9 Å². The number of aliphatic carboxylic acids is 1. The van der Waals surface area contributed by atoms with Crippen molar-refractivity contribution in [3.63, 3.8) is 0 Å². The van der Waals surface area contributed by atoms with Crippen LogP contribution in [0.3, 0.4) is 0 Å². The summed E-state index contributed by atoms with van der Waals surface area (Å²) >= 11 is 0. The molecule has 0 amide bonds. The molecule has 0 aliphatic rings. The highest BCUT2D eigenvalue weighted by molar-refractivity contribution is 5.62. The van der Waals surface area contributed by atoms with Gasteiger partial charge in [0.05, 0.1) is 13.2 Å². The van der Waals surface area contributed by atoms with Crippen LogP contribution in [0.5, 0.6) is 0 Å². The summed E-state index contributed by atoms with van der Waals surface area (Å²) in [6, 6.07) is 0. The number of aliphatic hydroxyl groups excluding tert-OH is 1. The second-order valence-electron chi connectivity index (χ2n) is 1.85. The monoisotopic (exact) mass is 164 g/mol. The van der Waals surface area contributed by atoms with Gasteiger partial charge in [-0.2, -0.15) is 0 Å². The van der Waals surface area contributed by atoms with Crippen LogP contribution in [0.15, 0.2) is 0 Å². The van der Waals surface area contributed by atoms with Crippen molar-refractivity contribution in [2.45, 2.75) is 20.3 Å². The molecule has 0 rings (SSSR count). The van der Waals surface area contributed by atoms with E-state index in [0.717, 1.165) is 20.0 Å². The number of hydrogen-bond acceptors (Lipinski definition) is 3. The van der Waals surface area contributed by atoms with Crippen molar-refractivity contribution in [2.24, 2.45) is 0 Å². The molecule has 0 aliphatic heterocycles. The Labute approximate surface area is 66.8 Å². The van der Waals surface area contributed by atoms with E-state index in [1.165, 1.54) is 0 Å². The third-order valence-electron chi connectivity index (χ3n) is 0.584. The summed E-state index contributed by atoms with van der Waals surface area (Å²) in [5, 5.41) is 15.6. The van der Waals surface area contributed by atoms with Crippen LogP contribution in [0.2, 0.25) is 0 Å². The lowest BCUT2D eigenvalue weighted by atomic mass is 10.5. The SMILES string of the molecule is CC(=O)O.CCCOCCO. The molecule has 0 aromatic carbocycles. The first kappa shape index (κ1) is 13.0. The van der Waals surface area contributed by atoms with E-state index in [2.05, 4.69) is 0 Å². The normalized spacial score (nSPS) is 8.27. The van der Waals surface area contributed by atoms with Crippen LogP contribution in [0.1, 0.15) is 20.3 Å². The number of rotatable bonds is 4. The summed E-state index contributed by atoms with van der Waals surface area (Å²) in [5.41, 5.74) is 0. The fraction of sp³-hybridized carbons (Fsp3) is 0.857. The summed E-state index contributed by atoms with van der Waals surface area (Å²) in [5.74, 6) is -0.833. The molecule has 0 heterocycles. The number of carboxylic acids is 1. The second kappa shape index (κ2) is 12.1. The maximum Gasteiger partial charge on any atom is 0.300 e. The topological polar surface area (TPSA) is 66.8 Å². The van der Waals surface area contributed by atoms with Crippen LogP contribution >= 0.6 is 0 Å². The lowest BCUT2D eigenvalue weighted by molar-refractivity contribution is -0.134. The van der Waals surface area contributed by atoms with Gasteiger partial charge in [-0.15, -0.1) is 0 Å². The highest BCUT2D eigenvalue weighted by Crippen LogP contribution is 1.76. The van der Waals surface area contributed by atoms with Crippen molar-refractivity contribution in [3.05, 3.63) is 0 Å². The van der Waals surface area contributed by atoms with Crippen LogP contribution in [-0.4, -0.2) is 36.0 Å². The predicted octanol–water partition coefficient (Wildman–Crippen LogP) is 0.496. The lowest BCUT2D eigenvalue weighted by Crippen LogP contribution is -1.98. The zero-order valence-electron chi connectivity index (χ0n) is 7.04. The van der Waals surface area contributed by atoms with Crippen molar-refractivity contribution in [1.29, 1.82) is 0 Å². The summed E-state index contributed by atoms with van der Waals surface area (Å²) in [6.45, 7) is 4.51. The van der Waals surface area contributed by atoms with Gasteiger partial charge in [0.1, 0.15) is 0 Å². The summed E-state index contributed by atoms with van der Waals surface area (Å²) in [4.78, 5) is 9.00. The first-order valence-electron chi connectivity index (χ1n) is 3.53. The van der Waals surface area contributed by atoms with Gasteiger partial charge in [-0.1, -0.05) is 6.92 Å². The van der Waals surface area contributed by atoms with E-state index in [0.29, 0.717) is 6.61 Å². The Morgan fingerprint density at radius 2 is 1.91 bits per heavy atom. The summed E-state index contributed by atoms with van der Waals surface area (Å²) < 4.78 is 4.88. The fourth-order valence-corrected chi connectivity index (χ4v) is 0.311. The molecule has 0 aliphatic carbocycles. The molecule has 0 fully saturated rings. The molecule has 68 valence electrons. The largest absolute Gasteiger partial charge is 0.481 e. The first-order chi connectivity index (χ1) is 5.15. The molecular formula is C7H16O4. The van der Waals surface area contributed by atoms with Crippen LogP contribution in [0.25, 0.3) is 0 Å². The molecule has 0 unspecified atom stereocenters. The van der Waals surface area contributed by atoms with Gasteiger partial charge in [-0.05, 0) is 6.42 Å². The van der Waals surface area contributed by atoms with Gasteiger partial charge in [0.2, 0.25) is 0 Å². The lowest BCUT2D eigenvalue weighted by Gasteiger charge is -1.94. The van der Waals surface area contributed by atoms with Crippen molar-refractivity contribution in [3.8, 4) is 0 Å². The minimum absolute atomic E-state index is 0.139. The molecule has 0 atom stereocenters. The maximum absolute atomic E-state index is 9.00. The molecule has 4 heteroatoms. The summed E-state index contributed by atoms with van der Waals surface area (Å²) in [7, 11) is 0. The smallest absolute Gasteiger partial charge is 0.300 e. The molecule has 2 N–H and O–H groups in total. The Hall–Kier alpha value is -0.610. The average Bonchev–Trinajstić information content (AvgIpc) is 1.88. The van der Waals surface area contributed by atoms with Crippen molar-refractivity contribution in [2.75, 3.05) is 19.8 Å². The van der Waals surface area contributed by atoms with Gasteiger partial charge in [-0.3, -0.25) is 4.79 Å². The van der Waals surface area contributed by atoms with Gasteiger partial charge >= 0.3 is 0 Å². The minimum atomic E-state index is -0.833. The molecule has 11 heavy (non-hydrogen) atoms. The highest BCUT2D eigenvalue weighted by atomic mass is 16.5.